The predicted octanol–water partition coefficient (Wildman–Crippen LogP) is 1.28. The molecule has 0 atom stereocenters. The monoisotopic (exact) mass is 280 g/mol. The number of nitrogens with two attached hydrogens (primary N) is 1. The predicted molar refractivity (Wildman–Crippen MR) is 65.3 cm³/mol. The molecule has 0 saturated carbocycles. The van der Waals surface area contributed by atoms with Crippen LogP contribution in [0.15, 0.2) is 45.9 Å². The highest BCUT2D eigenvalue weighted by atomic mass is 79.9. The average molecular weight is 281 g/mol. The molecule has 0 unspecified atom stereocenters. The van der Waals surface area contributed by atoms with Crippen molar-refractivity contribution in [3.63, 3.8) is 0 Å². The van der Waals surface area contributed by atoms with Gasteiger partial charge < -0.3 is 5.43 Å². The zero-order valence-electron chi connectivity index (χ0n) is 8.22. The fourth-order valence-electron chi connectivity index (χ4n) is 1.34. The summed E-state index contributed by atoms with van der Waals surface area (Å²) < 4.78 is 2.36. The molecule has 0 aliphatic rings. The van der Waals surface area contributed by atoms with Crippen LogP contribution in [0, 0.1) is 0 Å². The van der Waals surface area contributed by atoms with Crippen molar-refractivity contribution in [1.82, 2.24) is 9.55 Å². The van der Waals surface area contributed by atoms with E-state index in [1.165, 1.54) is 10.8 Å². The Morgan fingerprint density at radius 3 is 2.94 bits per heavy atom. The van der Waals surface area contributed by atoms with Crippen molar-refractivity contribution in [3.8, 4) is 5.69 Å². The molecular formula is C10H9BrN4O. The van der Waals surface area contributed by atoms with Crippen LogP contribution in [0.1, 0.15) is 0 Å². The molecule has 0 aliphatic heterocycles. The van der Waals surface area contributed by atoms with Crippen LogP contribution in [0.4, 0.5) is 5.82 Å². The molecule has 5 nitrogen and oxygen atoms in total. The molecule has 16 heavy (non-hydrogen) atoms. The van der Waals surface area contributed by atoms with Gasteiger partial charge in [-0.1, -0.05) is 22.0 Å². The largest absolute Gasteiger partial charge is 0.304 e. The van der Waals surface area contributed by atoms with Gasteiger partial charge in [-0.25, -0.2) is 10.8 Å². The SMILES string of the molecule is NNc1nccn(-c2cccc(Br)c2)c1=O. The van der Waals surface area contributed by atoms with E-state index < -0.39 is 0 Å². The maximum Gasteiger partial charge on any atom is 0.299 e. The summed E-state index contributed by atoms with van der Waals surface area (Å²) in [5, 5.41) is 0. The first-order valence-electron chi connectivity index (χ1n) is 4.52. The molecule has 6 heteroatoms. The van der Waals surface area contributed by atoms with Crippen molar-refractivity contribution in [1.29, 1.82) is 0 Å². The smallest absolute Gasteiger partial charge is 0.299 e. The van der Waals surface area contributed by atoms with E-state index in [1.54, 1.807) is 6.20 Å². The first-order chi connectivity index (χ1) is 7.72. The fourth-order valence-corrected chi connectivity index (χ4v) is 1.73. The van der Waals surface area contributed by atoms with E-state index in [0.717, 1.165) is 10.2 Å². The molecule has 82 valence electrons. The van der Waals surface area contributed by atoms with E-state index in [1.807, 2.05) is 24.3 Å². The number of anilines is 1. The molecule has 0 bridgehead atoms. The van der Waals surface area contributed by atoms with E-state index in [-0.39, 0.29) is 11.4 Å². The van der Waals surface area contributed by atoms with E-state index in [9.17, 15) is 4.79 Å². The second-order valence-electron chi connectivity index (χ2n) is 3.08. The molecule has 1 aromatic carbocycles. The zero-order valence-corrected chi connectivity index (χ0v) is 9.81. The quantitative estimate of drug-likeness (QED) is 0.642. The van der Waals surface area contributed by atoms with Gasteiger partial charge in [0.25, 0.3) is 5.56 Å². The lowest BCUT2D eigenvalue weighted by atomic mass is 10.3. The summed E-state index contributed by atoms with van der Waals surface area (Å²) in [5.41, 5.74) is 2.72. The van der Waals surface area contributed by atoms with Gasteiger partial charge in [0.2, 0.25) is 5.82 Å². The summed E-state index contributed by atoms with van der Waals surface area (Å²) in [7, 11) is 0. The van der Waals surface area contributed by atoms with Crippen LogP contribution in [0.2, 0.25) is 0 Å². The number of nitrogens with one attached hydrogen (secondary N) is 1. The minimum Gasteiger partial charge on any atom is -0.304 e. The Balaban J connectivity index is 2.61. The van der Waals surface area contributed by atoms with Crippen LogP contribution in [-0.4, -0.2) is 9.55 Å². The summed E-state index contributed by atoms with van der Waals surface area (Å²) in [5.74, 6) is 5.31. The van der Waals surface area contributed by atoms with Crippen molar-refractivity contribution >= 4 is 21.7 Å². The molecule has 0 spiro atoms. The summed E-state index contributed by atoms with van der Waals surface area (Å²) in [6, 6.07) is 7.40. The van der Waals surface area contributed by atoms with E-state index >= 15 is 0 Å². The molecular weight excluding hydrogens is 272 g/mol. The third kappa shape index (κ3) is 1.98. The standard InChI is InChI=1S/C10H9BrN4O/c11-7-2-1-3-8(6-7)15-5-4-13-9(14-12)10(15)16/h1-6H,12H2,(H,13,14). The lowest BCUT2D eigenvalue weighted by Crippen LogP contribution is -2.25. The van der Waals surface area contributed by atoms with E-state index in [4.69, 9.17) is 5.84 Å². The van der Waals surface area contributed by atoms with Gasteiger partial charge in [-0.05, 0) is 18.2 Å². The maximum absolute atomic E-state index is 11.9. The first-order valence-corrected chi connectivity index (χ1v) is 5.32. The fraction of sp³-hybridized carbons (Fsp3) is 0. The maximum atomic E-state index is 11.9. The minimum atomic E-state index is -0.289. The van der Waals surface area contributed by atoms with Crippen molar-refractivity contribution in [2.24, 2.45) is 5.84 Å². The average Bonchev–Trinajstić information content (AvgIpc) is 2.29. The minimum absolute atomic E-state index is 0.113. The number of halogens is 1. The molecule has 0 amide bonds. The molecule has 1 aromatic heterocycles. The van der Waals surface area contributed by atoms with Gasteiger partial charge in [0, 0.05) is 22.6 Å². The third-order valence-electron chi connectivity index (χ3n) is 2.06. The molecule has 0 radical (unpaired) electrons. The Bertz CT molecular complexity index is 567. The van der Waals surface area contributed by atoms with Crippen molar-refractivity contribution in [2.45, 2.75) is 0 Å². The van der Waals surface area contributed by atoms with Gasteiger partial charge in [-0.3, -0.25) is 9.36 Å². The van der Waals surface area contributed by atoms with E-state index in [0.29, 0.717) is 0 Å². The Labute approximate surface area is 100 Å². The summed E-state index contributed by atoms with van der Waals surface area (Å²) >= 11 is 3.35. The molecule has 2 aromatic rings. The molecule has 3 N–H and O–H groups in total. The summed E-state index contributed by atoms with van der Waals surface area (Å²) in [6.45, 7) is 0. The van der Waals surface area contributed by atoms with Gasteiger partial charge in [0.05, 0.1) is 0 Å². The van der Waals surface area contributed by atoms with Crippen molar-refractivity contribution in [3.05, 3.63) is 51.5 Å². The van der Waals surface area contributed by atoms with Crippen LogP contribution in [-0.2, 0) is 0 Å². The molecule has 0 fully saturated rings. The first kappa shape index (κ1) is 10.8. The van der Waals surface area contributed by atoms with Gasteiger partial charge >= 0.3 is 0 Å². The number of benzene rings is 1. The highest BCUT2D eigenvalue weighted by molar-refractivity contribution is 9.10. The van der Waals surface area contributed by atoms with Crippen LogP contribution >= 0.6 is 15.9 Å². The number of hydrogen-bond acceptors (Lipinski definition) is 4. The number of nitrogen functional groups attached to an aromatic ring is 1. The lowest BCUT2D eigenvalue weighted by Gasteiger charge is -2.07. The van der Waals surface area contributed by atoms with Crippen LogP contribution in [0.5, 0.6) is 0 Å². The van der Waals surface area contributed by atoms with Crippen LogP contribution < -0.4 is 16.8 Å². The lowest BCUT2D eigenvalue weighted by molar-refractivity contribution is 0.952. The van der Waals surface area contributed by atoms with Crippen LogP contribution in [0.25, 0.3) is 5.69 Å². The molecule has 2 rings (SSSR count). The molecule has 0 saturated heterocycles. The highest BCUT2D eigenvalue weighted by Gasteiger charge is 2.04. The molecule has 0 aliphatic carbocycles. The Kier molecular flexibility index (Phi) is 3.02. The van der Waals surface area contributed by atoms with Gasteiger partial charge in [-0.15, -0.1) is 0 Å². The highest BCUT2D eigenvalue weighted by Crippen LogP contribution is 2.14. The number of aromatic nitrogens is 2. The van der Waals surface area contributed by atoms with Gasteiger partial charge in [0.1, 0.15) is 0 Å². The normalized spacial score (nSPS) is 10.1. The Hall–Kier alpha value is -1.66. The van der Waals surface area contributed by atoms with Gasteiger partial charge in [0.15, 0.2) is 0 Å². The zero-order chi connectivity index (χ0) is 11.5. The third-order valence-corrected chi connectivity index (χ3v) is 2.56. The number of hydrazine groups is 1. The number of nitrogens with zero attached hydrogens (tertiary/aromatic N) is 2. The van der Waals surface area contributed by atoms with Crippen molar-refractivity contribution in [2.75, 3.05) is 5.43 Å². The Morgan fingerprint density at radius 2 is 2.25 bits per heavy atom. The number of hydrogen-bond donors (Lipinski definition) is 2. The van der Waals surface area contributed by atoms with Gasteiger partial charge in [-0.2, -0.15) is 0 Å². The van der Waals surface area contributed by atoms with Crippen LogP contribution in [0.3, 0.4) is 0 Å². The Morgan fingerprint density at radius 1 is 1.44 bits per heavy atom. The summed E-state index contributed by atoms with van der Waals surface area (Å²) in [6.07, 6.45) is 3.10. The van der Waals surface area contributed by atoms with Crippen molar-refractivity contribution < 1.29 is 0 Å². The molecule has 1 heterocycles. The second kappa shape index (κ2) is 4.46. The van der Waals surface area contributed by atoms with E-state index in [2.05, 4.69) is 26.3 Å². The topological polar surface area (TPSA) is 72.9 Å². The summed E-state index contributed by atoms with van der Waals surface area (Å²) in [4.78, 5) is 15.7. The second-order valence-corrected chi connectivity index (χ2v) is 3.99. The number of rotatable bonds is 2.